The van der Waals surface area contributed by atoms with Crippen LogP contribution in [0.3, 0.4) is 0 Å². The molecule has 1 aromatic rings. The SMILES string of the molecule is CCC(C)(C)C(=O)O.Clc1ccccc1. The largest absolute Gasteiger partial charge is 0.481 e. The molecule has 0 spiro atoms. The van der Waals surface area contributed by atoms with Gasteiger partial charge in [-0.1, -0.05) is 36.7 Å². The topological polar surface area (TPSA) is 37.3 Å². The van der Waals surface area contributed by atoms with Gasteiger partial charge in [0.2, 0.25) is 0 Å². The number of rotatable bonds is 2. The third-order valence-electron chi connectivity index (χ3n) is 2.20. The molecule has 15 heavy (non-hydrogen) atoms. The second-order valence-electron chi connectivity index (χ2n) is 3.84. The van der Waals surface area contributed by atoms with Gasteiger partial charge in [0.1, 0.15) is 0 Å². The van der Waals surface area contributed by atoms with Gasteiger partial charge in [0.05, 0.1) is 5.41 Å². The van der Waals surface area contributed by atoms with Crippen LogP contribution in [0.15, 0.2) is 30.3 Å². The van der Waals surface area contributed by atoms with Gasteiger partial charge in [-0.05, 0) is 32.4 Å². The third kappa shape index (κ3) is 6.13. The molecule has 1 aromatic carbocycles. The minimum atomic E-state index is -0.722. The zero-order chi connectivity index (χ0) is 11.9. The molecule has 0 amide bonds. The quantitative estimate of drug-likeness (QED) is 0.835. The molecule has 0 bridgehead atoms. The van der Waals surface area contributed by atoms with Crippen molar-refractivity contribution in [1.82, 2.24) is 0 Å². The fourth-order valence-electron chi connectivity index (χ4n) is 0.566. The maximum absolute atomic E-state index is 10.3. The Morgan fingerprint density at radius 1 is 1.33 bits per heavy atom. The van der Waals surface area contributed by atoms with Crippen LogP contribution in [0.1, 0.15) is 27.2 Å². The number of halogens is 1. The summed E-state index contributed by atoms with van der Waals surface area (Å²) in [5.41, 5.74) is -0.542. The van der Waals surface area contributed by atoms with Crippen molar-refractivity contribution in [1.29, 1.82) is 0 Å². The van der Waals surface area contributed by atoms with Crippen LogP contribution in [0.2, 0.25) is 5.02 Å². The molecule has 0 unspecified atom stereocenters. The van der Waals surface area contributed by atoms with Gasteiger partial charge in [-0.25, -0.2) is 0 Å². The Morgan fingerprint density at radius 2 is 1.80 bits per heavy atom. The molecule has 0 aliphatic carbocycles. The average molecular weight is 229 g/mol. The highest BCUT2D eigenvalue weighted by Gasteiger charge is 2.23. The maximum Gasteiger partial charge on any atom is 0.309 e. The predicted octanol–water partition coefficient (Wildman–Crippen LogP) is 3.85. The molecule has 3 heteroatoms. The molecule has 0 atom stereocenters. The molecule has 0 radical (unpaired) electrons. The normalized spacial score (nSPS) is 10.1. The predicted molar refractivity (Wildman–Crippen MR) is 63.2 cm³/mol. The fourth-order valence-corrected chi connectivity index (χ4v) is 0.711. The monoisotopic (exact) mass is 228 g/mol. The van der Waals surface area contributed by atoms with Crippen molar-refractivity contribution in [2.24, 2.45) is 5.41 Å². The smallest absolute Gasteiger partial charge is 0.309 e. The number of aliphatic carboxylic acids is 1. The first kappa shape index (κ1) is 14.0. The lowest BCUT2D eigenvalue weighted by Gasteiger charge is -2.14. The van der Waals surface area contributed by atoms with E-state index in [1.807, 2.05) is 37.3 Å². The molecule has 1 rings (SSSR count). The number of benzene rings is 1. The summed E-state index contributed by atoms with van der Waals surface area (Å²) < 4.78 is 0. The summed E-state index contributed by atoms with van der Waals surface area (Å²) in [4.78, 5) is 10.3. The van der Waals surface area contributed by atoms with E-state index in [0.717, 1.165) is 5.02 Å². The molecule has 0 saturated heterocycles. The first-order valence-electron chi connectivity index (χ1n) is 4.84. The average Bonchev–Trinajstić information content (AvgIpc) is 2.19. The van der Waals surface area contributed by atoms with Crippen molar-refractivity contribution in [3.8, 4) is 0 Å². The van der Waals surface area contributed by atoms with Crippen LogP contribution >= 0.6 is 11.6 Å². The standard InChI is InChI=1S/C6H5Cl.C6H12O2/c7-6-4-2-1-3-5-6;1-4-6(2,3)5(7)8/h1-5H;4H2,1-3H3,(H,7,8). The highest BCUT2D eigenvalue weighted by Crippen LogP contribution is 2.18. The molecule has 1 N–H and O–H groups in total. The van der Waals surface area contributed by atoms with Gasteiger partial charge in [0.25, 0.3) is 0 Å². The Bertz CT molecular complexity index is 294. The summed E-state index contributed by atoms with van der Waals surface area (Å²) in [5, 5.41) is 9.24. The van der Waals surface area contributed by atoms with Gasteiger partial charge in [-0.3, -0.25) is 4.79 Å². The molecule has 2 nitrogen and oxygen atoms in total. The van der Waals surface area contributed by atoms with Crippen molar-refractivity contribution < 1.29 is 9.90 Å². The van der Waals surface area contributed by atoms with Crippen molar-refractivity contribution in [3.05, 3.63) is 35.4 Å². The van der Waals surface area contributed by atoms with E-state index >= 15 is 0 Å². The van der Waals surface area contributed by atoms with Crippen LogP contribution in [0.5, 0.6) is 0 Å². The highest BCUT2D eigenvalue weighted by atomic mass is 35.5. The number of carboxylic acid groups (broad SMARTS) is 1. The summed E-state index contributed by atoms with van der Waals surface area (Å²) in [6.07, 6.45) is 0.683. The van der Waals surface area contributed by atoms with Gasteiger partial charge < -0.3 is 5.11 Å². The van der Waals surface area contributed by atoms with Gasteiger partial charge in [0, 0.05) is 5.02 Å². The molecule has 0 aliphatic rings. The molecule has 84 valence electrons. The van der Waals surface area contributed by atoms with E-state index in [4.69, 9.17) is 16.7 Å². The van der Waals surface area contributed by atoms with E-state index in [9.17, 15) is 4.79 Å². The van der Waals surface area contributed by atoms with Gasteiger partial charge >= 0.3 is 5.97 Å². The van der Waals surface area contributed by atoms with E-state index in [0.29, 0.717) is 6.42 Å². The second-order valence-corrected chi connectivity index (χ2v) is 4.27. The molecule has 0 heterocycles. The van der Waals surface area contributed by atoms with Crippen LogP contribution in [0.25, 0.3) is 0 Å². The van der Waals surface area contributed by atoms with Gasteiger partial charge in [-0.15, -0.1) is 0 Å². The fraction of sp³-hybridized carbons (Fsp3) is 0.417. The highest BCUT2D eigenvalue weighted by molar-refractivity contribution is 6.30. The lowest BCUT2D eigenvalue weighted by Crippen LogP contribution is -2.21. The van der Waals surface area contributed by atoms with Crippen molar-refractivity contribution in [2.75, 3.05) is 0 Å². The van der Waals surface area contributed by atoms with Gasteiger partial charge in [0.15, 0.2) is 0 Å². The zero-order valence-electron chi connectivity index (χ0n) is 9.33. The molecule has 0 fully saturated rings. The van der Waals surface area contributed by atoms with E-state index in [2.05, 4.69) is 0 Å². The van der Waals surface area contributed by atoms with Crippen LogP contribution in [-0.4, -0.2) is 11.1 Å². The second kappa shape index (κ2) is 6.46. The van der Waals surface area contributed by atoms with E-state index in [-0.39, 0.29) is 0 Å². The molecule has 0 aliphatic heterocycles. The minimum absolute atomic E-state index is 0.542. The number of hydrogen-bond donors (Lipinski definition) is 1. The number of carbonyl (C=O) groups is 1. The lowest BCUT2D eigenvalue weighted by atomic mass is 9.91. The van der Waals surface area contributed by atoms with Gasteiger partial charge in [-0.2, -0.15) is 0 Å². The molecule has 0 aromatic heterocycles. The van der Waals surface area contributed by atoms with E-state index in [1.54, 1.807) is 13.8 Å². The van der Waals surface area contributed by atoms with Crippen LogP contribution in [0, 0.1) is 5.41 Å². The van der Waals surface area contributed by atoms with Crippen molar-refractivity contribution in [3.63, 3.8) is 0 Å². The summed E-state index contributed by atoms with van der Waals surface area (Å²) in [6, 6.07) is 9.44. The van der Waals surface area contributed by atoms with Crippen LogP contribution in [-0.2, 0) is 4.79 Å². The Kier molecular flexibility index (Phi) is 6.02. The Labute approximate surface area is 95.9 Å². The Morgan fingerprint density at radius 3 is 1.93 bits per heavy atom. The zero-order valence-corrected chi connectivity index (χ0v) is 10.1. The van der Waals surface area contributed by atoms with E-state index < -0.39 is 11.4 Å². The summed E-state index contributed by atoms with van der Waals surface area (Å²) in [6.45, 7) is 5.30. The van der Waals surface area contributed by atoms with Crippen molar-refractivity contribution >= 4 is 17.6 Å². The Hall–Kier alpha value is -1.02. The lowest BCUT2D eigenvalue weighted by molar-refractivity contribution is -0.147. The number of carboxylic acids is 1. The first-order valence-corrected chi connectivity index (χ1v) is 5.22. The Balaban J connectivity index is 0.000000262. The minimum Gasteiger partial charge on any atom is -0.481 e. The molecule has 0 saturated carbocycles. The van der Waals surface area contributed by atoms with Crippen LogP contribution < -0.4 is 0 Å². The van der Waals surface area contributed by atoms with Crippen molar-refractivity contribution in [2.45, 2.75) is 27.2 Å². The summed E-state index contributed by atoms with van der Waals surface area (Å²) in [5.74, 6) is -0.722. The number of hydrogen-bond acceptors (Lipinski definition) is 1. The summed E-state index contributed by atoms with van der Waals surface area (Å²) in [7, 11) is 0. The molecular formula is C12H17ClO2. The first-order chi connectivity index (χ1) is 6.90. The molecular weight excluding hydrogens is 212 g/mol. The maximum atomic E-state index is 10.3. The van der Waals surface area contributed by atoms with E-state index in [1.165, 1.54) is 0 Å². The third-order valence-corrected chi connectivity index (χ3v) is 2.45. The van der Waals surface area contributed by atoms with Crippen LogP contribution in [0.4, 0.5) is 0 Å². The summed E-state index contributed by atoms with van der Waals surface area (Å²) >= 11 is 5.54.